The Morgan fingerprint density at radius 3 is 2.57 bits per heavy atom. The molecule has 2 saturated heterocycles. The van der Waals surface area contributed by atoms with E-state index in [-0.39, 0.29) is 17.9 Å². The summed E-state index contributed by atoms with van der Waals surface area (Å²) in [7, 11) is 1.59. The Labute approximate surface area is 264 Å². The lowest BCUT2D eigenvalue weighted by molar-refractivity contribution is -0.525. The average Bonchev–Trinajstić information content (AvgIpc) is 3.31. The molecule has 9 nitrogen and oxygen atoms in total. The summed E-state index contributed by atoms with van der Waals surface area (Å²) in [6, 6.07) is 5.48. The first-order valence-electron chi connectivity index (χ1n) is 15.9. The van der Waals surface area contributed by atoms with Crippen molar-refractivity contribution in [3.63, 3.8) is 0 Å². The van der Waals surface area contributed by atoms with Gasteiger partial charge in [0.05, 0.1) is 18.4 Å². The Bertz CT molecular complexity index is 1280. The highest BCUT2D eigenvalue weighted by atomic mass is 16.3. The van der Waals surface area contributed by atoms with E-state index < -0.39 is 17.7 Å². The fourth-order valence-corrected chi connectivity index (χ4v) is 5.83. The van der Waals surface area contributed by atoms with Crippen molar-refractivity contribution in [2.24, 2.45) is 5.73 Å². The SMILES string of the molecule is C=C(/C=C\C(C)=C\C)C(=O)NC.C=C1NCC([NH+]=C(N)CC)C2(C)C(O)C(NC(=O)c3cccc4c3CCCC4)CN12.CC. The number of hydrogen-bond donors (Lipinski definition) is 6. The van der Waals surface area contributed by atoms with Gasteiger partial charge in [-0.3, -0.25) is 20.3 Å². The second-order valence-electron chi connectivity index (χ2n) is 11.4. The zero-order valence-corrected chi connectivity index (χ0v) is 27.8. The minimum absolute atomic E-state index is 0.107. The zero-order valence-electron chi connectivity index (χ0n) is 27.8. The highest BCUT2D eigenvalue weighted by Crippen LogP contribution is 2.36. The molecule has 0 radical (unpaired) electrons. The molecule has 3 aliphatic rings. The normalized spacial score (nSPS) is 24.5. The van der Waals surface area contributed by atoms with E-state index in [1.54, 1.807) is 13.1 Å². The smallest absolute Gasteiger partial charge is 0.251 e. The molecule has 242 valence electrons. The maximum atomic E-state index is 13.2. The number of amidine groups is 1. The fourth-order valence-electron chi connectivity index (χ4n) is 5.83. The molecular formula is C35H55N6O3+. The molecule has 0 aromatic heterocycles. The minimum atomic E-state index is -0.762. The lowest BCUT2D eigenvalue weighted by Crippen LogP contribution is -2.92. The predicted octanol–water partition coefficient (Wildman–Crippen LogP) is 2.23. The van der Waals surface area contributed by atoms with Gasteiger partial charge in [0, 0.05) is 31.1 Å². The van der Waals surface area contributed by atoms with Gasteiger partial charge in [0.2, 0.25) is 11.7 Å². The van der Waals surface area contributed by atoms with Crippen molar-refractivity contribution < 1.29 is 19.7 Å². The Balaban J connectivity index is 0.000000409. The maximum absolute atomic E-state index is 13.2. The van der Waals surface area contributed by atoms with Crippen LogP contribution < -0.4 is 26.7 Å². The standard InChI is InChI=1S/C23H33N5O2.C10H15NO.C2H6/c1-4-20(24)27-19-12-25-14(2)28-13-18(21(29)23(19,28)3)26-22(30)17-11-7-9-15-8-5-6-10-16(15)17;1-5-8(2)6-7-9(3)10(12)11-4;1-2/h7,9,11,18-19,21,25,29H,2,4-6,8,10,12-13H2,1,3H3,(H2,24,27)(H,26,30);5-7H,3H2,1-2,4H3,(H,11,12);1-2H3/p+1/b;7-6-,8-5+;. The summed E-state index contributed by atoms with van der Waals surface area (Å²) in [5.41, 5.74) is 10.2. The van der Waals surface area contributed by atoms with Gasteiger partial charge in [-0.05, 0) is 69.7 Å². The second kappa shape index (κ2) is 16.9. The Morgan fingerprint density at radius 1 is 1.25 bits per heavy atom. The van der Waals surface area contributed by atoms with Crippen LogP contribution in [0.1, 0.15) is 82.3 Å². The van der Waals surface area contributed by atoms with Gasteiger partial charge in [0.15, 0.2) is 0 Å². The number of nitrogens with zero attached hydrogens (tertiary/aromatic N) is 1. The molecule has 4 atom stereocenters. The molecule has 44 heavy (non-hydrogen) atoms. The van der Waals surface area contributed by atoms with E-state index in [2.05, 4.69) is 45.1 Å². The van der Waals surface area contributed by atoms with E-state index in [4.69, 9.17) is 5.73 Å². The summed E-state index contributed by atoms with van der Waals surface area (Å²) in [5.74, 6) is 1.20. The number of carbonyl (C=O) groups excluding carboxylic acids is 2. The van der Waals surface area contributed by atoms with Crippen molar-refractivity contribution in [1.29, 1.82) is 0 Å². The monoisotopic (exact) mass is 607 g/mol. The lowest BCUT2D eigenvalue weighted by Gasteiger charge is -2.46. The number of aryl methyl sites for hydroxylation is 1. The largest absolute Gasteiger partial charge is 0.388 e. The molecule has 4 unspecified atom stereocenters. The summed E-state index contributed by atoms with van der Waals surface area (Å²) in [5, 5.41) is 20.3. The molecule has 7 N–H and O–H groups in total. The van der Waals surface area contributed by atoms with Crippen molar-refractivity contribution in [1.82, 2.24) is 20.9 Å². The topological polar surface area (TPSA) is 134 Å². The van der Waals surface area contributed by atoms with Crippen molar-refractivity contribution in [3.8, 4) is 0 Å². The van der Waals surface area contributed by atoms with Crippen LogP contribution in [-0.2, 0) is 17.6 Å². The number of carbonyl (C=O) groups is 2. The predicted molar refractivity (Wildman–Crippen MR) is 180 cm³/mol. The molecule has 0 bridgehead atoms. The van der Waals surface area contributed by atoms with Crippen LogP contribution in [0.4, 0.5) is 0 Å². The minimum Gasteiger partial charge on any atom is -0.388 e. The van der Waals surface area contributed by atoms with Gasteiger partial charge in [-0.1, -0.05) is 63.8 Å². The van der Waals surface area contributed by atoms with Gasteiger partial charge < -0.3 is 26.0 Å². The molecule has 0 saturated carbocycles. The van der Waals surface area contributed by atoms with E-state index in [0.717, 1.165) is 41.8 Å². The van der Waals surface area contributed by atoms with Crippen LogP contribution >= 0.6 is 0 Å². The van der Waals surface area contributed by atoms with Crippen LogP contribution in [0, 0.1) is 0 Å². The number of nitrogens with two attached hydrogens (primary N) is 1. The van der Waals surface area contributed by atoms with Gasteiger partial charge in [-0.2, -0.15) is 0 Å². The number of aliphatic hydroxyl groups is 1. The summed E-state index contributed by atoms with van der Waals surface area (Å²) in [6.07, 6.45) is 9.74. The zero-order chi connectivity index (χ0) is 33.0. The van der Waals surface area contributed by atoms with Crippen molar-refractivity contribution >= 4 is 17.6 Å². The van der Waals surface area contributed by atoms with Crippen LogP contribution in [0.25, 0.3) is 0 Å². The van der Waals surface area contributed by atoms with E-state index in [1.807, 2.05) is 65.8 Å². The van der Waals surface area contributed by atoms with Crippen LogP contribution in [0.5, 0.6) is 0 Å². The molecule has 2 heterocycles. The molecule has 1 aromatic rings. The number of aliphatic hydroxyl groups excluding tert-OH is 1. The molecule has 2 aliphatic heterocycles. The highest BCUT2D eigenvalue weighted by molar-refractivity contribution is 5.96. The number of benzene rings is 1. The molecule has 9 heteroatoms. The van der Waals surface area contributed by atoms with Crippen molar-refractivity contribution in [3.05, 3.63) is 83.2 Å². The van der Waals surface area contributed by atoms with Gasteiger partial charge in [0.1, 0.15) is 17.7 Å². The first-order chi connectivity index (χ1) is 21.0. The maximum Gasteiger partial charge on any atom is 0.251 e. The van der Waals surface area contributed by atoms with Crippen LogP contribution in [0.2, 0.25) is 0 Å². The summed E-state index contributed by atoms with van der Waals surface area (Å²) >= 11 is 0. The van der Waals surface area contributed by atoms with E-state index in [0.29, 0.717) is 30.9 Å². The Hall–Kier alpha value is -3.85. The molecule has 2 fully saturated rings. The lowest BCUT2D eigenvalue weighted by atomic mass is 9.84. The molecular weight excluding hydrogens is 552 g/mol. The summed E-state index contributed by atoms with van der Waals surface area (Å²) in [6.45, 7) is 20.8. The Kier molecular flexibility index (Phi) is 13.9. The third-order valence-electron chi connectivity index (χ3n) is 8.70. The van der Waals surface area contributed by atoms with Gasteiger partial charge in [-0.15, -0.1) is 0 Å². The molecule has 1 aliphatic carbocycles. The fraction of sp³-hybridized carbons (Fsp3) is 0.514. The average molecular weight is 608 g/mol. The number of likely N-dealkylation sites (N-methyl/N-ethyl adjacent to an activating group) is 1. The summed E-state index contributed by atoms with van der Waals surface area (Å²) in [4.78, 5) is 29.5. The number of hydrogen-bond acceptors (Lipinski definition) is 5. The molecule has 2 amide bonds. The number of amides is 2. The summed E-state index contributed by atoms with van der Waals surface area (Å²) < 4.78 is 0. The van der Waals surface area contributed by atoms with E-state index >= 15 is 0 Å². The highest BCUT2D eigenvalue weighted by Gasteiger charge is 2.58. The van der Waals surface area contributed by atoms with Crippen LogP contribution in [0.3, 0.4) is 0 Å². The second-order valence-corrected chi connectivity index (χ2v) is 11.4. The van der Waals surface area contributed by atoms with Crippen molar-refractivity contribution in [2.75, 3.05) is 20.1 Å². The number of allylic oxidation sites excluding steroid dienone is 3. The van der Waals surface area contributed by atoms with E-state index in [1.165, 1.54) is 12.0 Å². The van der Waals surface area contributed by atoms with Gasteiger partial charge >= 0.3 is 0 Å². The number of rotatable bonds is 7. The molecule has 0 spiro atoms. The molecule has 1 aromatic carbocycles. The van der Waals surface area contributed by atoms with Crippen LogP contribution in [0.15, 0.2) is 66.6 Å². The van der Waals surface area contributed by atoms with Crippen LogP contribution in [-0.4, -0.2) is 71.5 Å². The third kappa shape index (κ3) is 8.40. The third-order valence-corrected chi connectivity index (χ3v) is 8.70. The first-order valence-corrected chi connectivity index (χ1v) is 15.9. The molecule has 4 rings (SSSR count). The Morgan fingerprint density at radius 2 is 1.93 bits per heavy atom. The number of fused-ring (bicyclic) bond motifs is 2. The number of nitrogens with one attached hydrogen (secondary N) is 4. The quantitative estimate of drug-likeness (QED) is 0.122. The van der Waals surface area contributed by atoms with E-state index in [9.17, 15) is 14.7 Å². The van der Waals surface area contributed by atoms with Gasteiger partial charge in [-0.25, -0.2) is 0 Å². The van der Waals surface area contributed by atoms with Gasteiger partial charge in [0.25, 0.3) is 5.91 Å². The first kappa shape index (κ1) is 36.3. The van der Waals surface area contributed by atoms with Crippen molar-refractivity contribution in [2.45, 2.75) is 97.4 Å².